The van der Waals surface area contributed by atoms with Crippen LogP contribution < -0.4 is 10.4 Å². The van der Waals surface area contributed by atoms with E-state index in [0.29, 0.717) is 19.1 Å². The number of hydrogen-bond donors (Lipinski definition) is 1. The van der Waals surface area contributed by atoms with Crippen LogP contribution in [-0.4, -0.2) is 34.7 Å². The third kappa shape index (κ3) is 6.22. The quantitative estimate of drug-likeness (QED) is 0.527. The first-order valence-electron chi connectivity index (χ1n) is 9.94. The minimum Gasteiger partial charge on any atom is -0.463 e. The number of carbonyl (C=O) groups excluding carboxylic acids is 1. The van der Waals surface area contributed by atoms with Gasteiger partial charge in [-0.3, -0.25) is 9.48 Å². The number of benzene rings is 1. The van der Waals surface area contributed by atoms with Gasteiger partial charge in [0.05, 0.1) is 23.6 Å². The normalized spacial score (nSPS) is 16.5. The summed E-state index contributed by atoms with van der Waals surface area (Å²) in [7, 11) is 0. The summed E-state index contributed by atoms with van der Waals surface area (Å²) >= 11 is 11.8. The van der Waals surface area contributed by atoms with Crippen molar-refractivity contribution in [1.29, 1.82) is 0 Å². The van der Waals surface area contributed by atoms with E-state index in [4.69, 9.17) is 28.0 Å². The lowest BCUT2D eigenvalue weighted by Gasteiger charge is -2.25. The number of anilines is 1. The Hall–Kier alpha value is -2.55. The second-order valence-electron chi connectivity index (χ2n) is 7.07. The lowest BCUT2D eigenvalue weighted by molar-refractivity contribution is -0.129. The van der Waals surface area contributed by atoms with Crippen molar-refractivity contribution in [2.24, 2.45) is 4.99 Å². The standard InChI is InChI=1S/C13H17Cl2N5O.C8H8O2/c1-8-12(19-7-11(14)17-13(15)21-19)9(2)20(18-8)10-3-5-16-6-4-10;9-7-10-6-8-4-2-1-3-5-8/h7,10,16H,3-6H2,1-2H3;1-5,7H,6H2. The maximum absolute atomic E-state index is 9.76. The number of rotatable bonds is 5. The molecule has 0 spiro atoms. The zero-order chi connectivity index (χ0) is 22.2. The molecule has 2 aliphatic heterocycles. The number of hydroxylamine groups is 1. The summed E-state index contributed by atoms with van der Waals surface area (Å²) in [6.45, 7) is 6.83. The molecule has 0 unspecified atom stereocenters. The van der Waals surface area contributed by atoms with Crippen molar-refractivity contribution in [2.75, 3.05) is 18.2 Å². The first-order valence-corrected chi connectivity index (χ1v) is 10.7. The van der Waals surface area contributed by atoms with E-state index in [0.717, 1.165) is 48.6 Å². The third-order valence-electron chi connectivity index (χ3n) is 4.91. The van der Waals surface area contributed by atoms with Gasteiger partial charge >= 0.3 is 5.36 Å². The monoisotopic (exact) mass is 465 g/mol. The van der Waals surface area contributed by atoms with Gasteiger partial charge in [0, 0.05) is 0 Å². The fourth-order valence-corrected chi connectivity index (χ4v) is 3.91. The molecule has 0 amide bonds. The molecule has 4 rings (SSSR count). The van der Waals surface area contributed by atoms with Crippen LogP contribution in [-0.2, 0) is 21.0 Å². The number of aliphatic imine (C=N–C) groups is 1. The lowest BCUT2D eigenvalue weighted by atomic mass is 10.1. The molecule has 0 radical (unpaired) electrons. The van der Waals surface area contributed by atoms with Gasteiger partial charge in [-0.25, -0.2) is 0 Å². The molecule has 1 N–H and O–H groups in total. The smallest absolute Gasteiger partial charge is 0.317 e. The molecular weight excluding hydrogens is 441 g/mol. The zero-order valence-electron chi connectivity index (χ0n) is 17.4. The fourth-order valence-electron chi connectivity index (χ4n) is 3.53. The highest BCUT2D eigenvalue weighted by atomic mass is 35.5. The Morgan fingerprint density at radius 2 is 1.94 bits per heavy atom. The van der Waals surface area contributed by atoms with Crippen molar-refractivity contribution in [3.63, 3.8) is 0 Å². The van der Waals surface area contributed by atoms with Crippen molar-refractivity contribution in [2.45, 2.75) is 39.3 Å². The Morgan fingerprint density at radius 3 is 2.58 bits per heavy atom. The van der Waals surface area contributed by atoms with Gasteiger partial charge in [-0.15, -0.1) is 0 Å². The molecule has 1 saturated heterocycles. The predicted octanol–water partition coefficient (Wildman–Crippen LogP) is 4.17. The summed E-state index contributed by atoms with van der Waals surface area (Å²) in [5.41, 5.74) is 3.78. The van der Waals surface area contributed by atoms with E-state index in [2.05, 4.69) is 24.8 Å². The van der Waals surface area contributed by atoms with Gasteiger partial charge in [-0.1, -0.05) is 41.9 Å². The van der Waals surface area contributed by atoms with Crippen molar-refractivity contribution in [3.05, 3.63) is 58.6 Å². The molecular formula is C21H25Cl2N5O3. The minimum absolute atomic E-state index is 0.00378. The predicted molar refractivity (Wildman–Crippen MR) is 121 cm³/mol. The summed E-state index contributed by atoms with van der Waals surface area (Å²) in [6.07, 6.45) is 3.74. The largest absolute Gasteiger partial charge is 0.463 e. The summed E-state index contributed by atoms with van der Waals surface area (Å²) in [6, 6.07) is 9.96. The number of nitrogens with one attached hydrogen (secondary N) is 1. The molecule has 1 aromatic heterocycles. The average Bonchev–Trinajstić information content (AvgIpc) is 3.07. The second kappa shape index (κ2) is 11.2. The van der Waals surface area contributed by atoms with Gasteiger partial charge in [0.1, 0.15) is 12.3 Å². The summed E-state index contributed by atoms with van der Waals surface area (Å²) in [5.74, 6) is 0. The minimum atomic E-state index is -0.00378. The Bertz CT molecular complexity index is 940. The molecule has 31 heavy (non-hydrogen) atoms. The van der Waals surface area contributed by atoms with Gasteiger partial charge in [0.2, 0.25) is 0 Å². The van der Waals surface area contributed by atoms with Gasteiger partial charge in [0.15, 0.2) is 5.16 Å². The van der Waals surface area contributed by atoms with Crippen LogP contribution in [0.3, 0.4) is 0 Å². The molecule has 8 nitrogen and oxygen atoms in total. The average molecular weight is 466 g/mol. The van der Waals surface area contributed by atoms with E-state index in [1.54, 1.807) is 6.20 Å². The number of ether oxygens (including phenoxy) is 1. The Kier molecular flexibility index (Phi) is 8.34. The molecule has 2 aliphatic rings. The van der Waals surface area contributed by atoms with Crippen LogP contribution in [0.25, 0.3) is 0 Å². The van der Waals surface area contributed by atoms with Crippen LogP contribution in [0, 0.1) is 13.8 Å². The number of aromatic nitrogens is 2. The van der Waals surface area contributed by atoms with Crippen LogP contribution in [0.1, 0.15) is 35.8 Å². The molecule has 3 heterocycles. The Labute approximate surface area is 191 Å². The highest BCUT2D eigenvalue weighted by Gasteiger charge is 2.26. The van der Waals surface area contributed by atoms with E-state index in [1.807, 2.05) is 44.2 Å². The number of halogens is 2. The molecule has 2 aromatic rings. The van der Waals surface area contributed by atoms with Gasteiger partial charge < -0.3 is 14.9 Å². The highest BCUT2D eigenvalue weighted by molar-refractivity contribution is 6.63. The number of carbonyl (C=O) groups is 1. The van der Waals surface area contributed by atoms with Crippen LogP contribution in [0.4, 0.5) is 5.69 Å². The van der Waals surface area contributed by atoms with Crippen LogP contribution in [0.15, 0.2) is 46.7 Å². The first-order chi connectivity index (χ1) is 15.0. The van der Waals surface area contributed by atoms with E-state index in [9.17, 15) is 4.79 Å². The third-order valence-corrected chi connectivity index (χ3v) is 5.25. The molecule has 1 fully saturated rings. The van der Waals surface area contributed by atoms with E-state index in [-0.39, 0.29) is 10.5 Å². The van der Waals surface area contributed by atoms with Crippen LogP contribution in [0.2, 0.25) is 0 Å². The molecule has 166 valence electrons. The SMILES string of the molecule is Cc1nn(C2CCNCC2)c(C)c1N1C=C(Cl)N=C(Cl)O1.O=COCc1ccccc1. The molecule has 1 aromatic carbocycles. The molecule has 0 bridgehead atoms. The summed E-state index contributed by atoms with van der Waals surface area (Å²) in [5, 5.41) is 9.84. The van der Waals surface area contributed by atoms with Gasteiger partial charge in [-0.05, 0) is 56.9 Å². The maximum Gasteiger partial charge on any atom is 0.317 e. The van der Waals surface area contributed by atoms with Crippen molar-refractivity contribution >= 4 is 40.7 Å². The number of nitrogens with zero attached hydrogens (tertiary/aromatic N) is 4. The van der Waals surface area contributed by atoms with Gasteiger partial charge in [0.25, 0.3) is 6.47 Å². The molecule has 0 aliphatic carbocycles. The van der Waals surface area contributed by atoms with Crippen molar-refractivity contribution in [1.82, 2.24) is 15.1 Å². The Balaban J connectivity index is 0.000000229. The topological polar surface area (TPSA) is 81.0 Å². The number of hydrogen-bond acceptors (Lipinski definition) is 7. The van der Waals surface area contributed by atoms with E-state index < -0.39 is 0 Å². The molecule has 10 heteroatoms. The summed E-state index contributed by atoms with van der Waals surface area (Å²) in [4.78, 5) is 19.0. The van der Waals surface area contributed by atoms with E-state index >= 15 is 0 Å². The molecule has 0 saturated carbocycles. The number of aryl methyl sites for hydroxylation is 1. The Morgan fingerprint density at radius 1 is 1.23 bits per heavy atom. The van der Waals surface area contributed by atoms with Gasteiger partial charge in [-0.2, -0.15) is 15.2 Å². The van der Waals surface area contributed by atoms with Crippen LogP contribution in [0.5, 0.6) is 0 Å². The fraction of sp³-hybridized carbons (Fsp3) is 0.381. The van der Waals surface area contributed by atoms with Crippen LogP contribution >= 0.6 is 23.2 Å². The highest BCUT2D eigenvalue weighted by Crippen LogP contribution is 2.32. The zero-order valence-corrected chi connectivity index (χ0v) is 18.9. The van der Waals surface area contributed by atoms with E-state index in [1.165, 1.54) is 5.06 Å². The van der Waals surface area contributed by atoms with Crippen molar-refractivity contribution in [3.8, 4) is 0 Å². The van der Waals surface area contributed by atoms with Crippen molar-refractivity contribution < 1.29 is 14.4 Å². The summed E-state index contributed by atoms with van der Waals surface area (Å²) < 4.78 is 6.62. The first kappa shape index (κ1) is 23.1. The molecule has 0 atom stereocenters. The number of piperidine rings is 1. The lowest BCUT2D eigenvalue weighted by Crippen LogP contribution is -2.30. The maximum atomic E-state index is 9.76. The second-order valence-corrected chi connectivity index (χ2v) is 7.78.